The number of nitrogens with two attached hydrogens (primary N) is 1. The minimum atomic E-state index is -0.489. The van der Waals surface area contributed by atoms with Crippen LogP contribution >= 0.6 is 23.2 Å². The number of para-hydroxylation sites is 1. The fraction of sp³-hybridized carbons (Fsp3) is 0.385. The number of nitrogens with zero attached hydrogens (tertiary/aromatic N) is 2. The van der Waals surface area contributed by atoms with E-state index in [1.165, 1.54) is 0 Å². The van der Waals surface area contributed by atoms with Crippen molar-refractivity contribution >= 4 is 40.1 Å². The SMILES string of the molecule is CC(C)C(C(N)=O)n1c(CCl)nc2c(Cl)cccc21. The highest BCUT2D eigenvalue weighted by Crippen LogP contribution is 2.30. The Hall–Kier alpha value is -1.26. The summed E-state index contributed by atoms with van der Waals surface area (Å²) in [5.41, 5.74) is 6.94. The summed E-state index contributed by atoms with van der Waals surface area (Å²) in [5, 5.41) is 0.537. The third kappa shape index (κ3) is 2.42. The number of hydrogen-bond donors (Lipinski definition) is 1. The second kappa shape index (κ2) is 5.39. The Morgan fingerprint density at radius 1 is 1.47 bits per heavy atom. The number of imidazole rings is 1. The second-order valence-corrected chi connectivity index (χ2v) is 5.40. The van der Waals surface area contributed by atoms with Gasteiger partial charge in [-0.1, -0.05) is 31.5 Å². The predicted octanol–water partition coefficient (Wildman–Crippen LogP) is 3.11. The van der Waals surface area contributed by atoms with Crippen LogP contribution in [-0.2, 0) is 10.7 Å². The molecule has 2 aromatic rings. The lowest BCUT2D eigenvalue weighted by Gasteiger charge is -2.21. The first-order chi connectivity index (χ1) is 8.97. The zero-order valence-electron chi connectivity index (χ0n) is 10.7. The molecule has 0 radical (unpaired) electrons. The fourth-order valence-electron chi connectivity index (χ4n) is 2.29. The maximum atomic E-state index is 11.7. The van der Waals surface area contributed by atoms with Crippen molar-refractivity contribution in [3.05, 3.63) is 29.0 Å². The number of carbonyl (C=O) groups excluding carboxylic acids is 1. The Bertz CT molecular complexity index is 622. The van der Waals surface area contributed by atoms with Crippen LogP contribution in [0, 0.1) is 5.92 Å². The van der Waals surface area contributed by atoms with Gasteiger partial charge < -0.3 is 10.3 Å². The van der Waals surface area contributed by atoms with Gasteiger partial charge in [-0.05, 0) is 18.1 Å². The highest BCUT2D eigenvalue weighted by molar-refractivity contribution is 6.35. The lowest BCUT2D eigenvalue weighted by molar-refractivity contribution is -0.122. The lowest BCUT2D eigenvalue weighted by Crippen LogP contribution is -2.31. The molecule has 0 aliphatic carbocycles. The van der Waals surface area contributed by atoms with Gasteiger partial charge in [0.25, 0.3) is 0 Å². The second-order valence-electron chi connectivity index (χ2n) is 4.73. The molecule has 1 unspecified atom stereocenters. The average Bonchev–Trinajstić information content (AvgIpc) is 2.69. The third-order valence-electron chi connectivity index (χ3n) is 3.06. The molecular weight excluding hydrogens is 285 g/mol. The normalized spacial score (nSPS) is 13.1. The smallest absolute Gasteiger partial charge is 0.240 e. The molecule has 1 aromatic carbocycles. The molecule has 0 saturated heterocycles. The van der Waals surface area contributed by atoms with Crippen molar-refractivity contribution in [1.29, 1.82) is 0 Å². The Morgan fingerprint density at radius 3 is 2.68 bits per heavy atom. The number of fused-ring (bicyclic) bond motifs is 1. The number of hydrogen-bond acceptors (Lipinski definition) is 2. The minimum absolute atomic E-state index is 0.0378. The van der Waals surface area contributed by atoms with Crippen LogP contribution in [0.3, 0.4) is 0 Å². The Balaban J connectivity index is 2.76. The molecule has 1 heterocycles. The molecule has 19 heavy (non-hydrogen) atoms. The number of aromatic nitrogens is 2. The highest BCUT2D eigenvalue weighted by Gasteiger charge is 2.26. The summed E-state index contributed by atoms with van der Waals surface area (Å²) in [5.74, 6) is 0.431. The van der Waals surface area contributed by atoms with Gasteiger partial charge in [-0.15, -0.1) is 11.6 Å². The van der Waals surface area contributed by atoms with Gasteiger partial charge >= 0.3 is 0 Å². The molecule has 1 atom stereocenters. The molecule has 6 heteroatoms. The van der Waals surface area contributed by atoms with E-state index in [0.29, 0.717) is 16.4 Å². The summed E-state index contributed by atoms with van der Waals surface area (Å²) in [6, 6.07) is 4.95. The molecule has 4 nitrogen and oxygen atoms in total. The van der Waals surface area contributed by atoms with E-state index in [-0.39, 0.29) is 11.8 Å². The van der Waals surface area contributed by atoms with E-state index in [2.05, 4.69) is 4.98 Å². The molecule has 2 rings (SSSR count). The van der Waals surface area contributed by atoms with Gasteiger partial charge in [0, 0.05) is 0 Å². The van der Waals surface area contributed by atoms with Crippen LogP contribution in [0.4, 0.5) is 0 Å². The zero-order valence-corrected chi connectivity index (χ0v) is 12.2. The summed E-state index contributed by atoms with van der Waals surface area (Å²) in [4.78, 5) is 16.1. The largest absolute Gasteiger partial charge is 0.368 e. The van der Waals surface area contributed by atoms with E-state index in [9.17, 15) is 4.79 Å². The van der Waals surface area contributed by atoms with Crippen LogP contribution in [0.1, 0.15) is 25.7 Å². The van der Waals surface area contributed by atoms with Crippen molar-refractivity contribution in [2.75, 3.05) is 0 Å². The van der Waals surface area contributed by atoms with Gasteiger partial charge in [-0.25, -0.2) is 4.98 Å². The van der Waals surface area contributed by atoms with Crippen LogP contribution in [0.15, 0.2) is 18.2 Å². The first-order valence-electron chi connectivity index (χ1n) is 5.98. The molecule has 1 amide bonds. The summed E-state index contributed by atoms with van der Waals surface area (Å²) in [7, 11) is 0. The van der Waals surface area contributed by atoms with Crippen molar-refractivity contribution in [2.45, 2.75) is 25.8 Å². The van der Waals surface area contributed by atoms with Crippen LogP contribution in [0.2, 0.25) is 5.02 Å². The number of carbonyl (C=O) groups is 1. The summed E-state index contributed by atoms with van der Waals surface area (Å²) in [6.07, 6.45) is 0. The van der Waals surface area contributed by atoms with Gasteiger partial charge in [-0.2, -0.15) is 0 Å². The maximum absolute atomic E-state index is 11.7. The lowest BCUT2D eigenvalue weighted by atomic mass is 10.0. The summed E-state index contributed by atoms with van der Waals surface area (Å²) in [6.45, 7) is 3.87. The van der Waals surface area contributed by atoms with Gasteiger partial charge in [0.15, 0.2) is 0 Å². The molecule has 0 spiro atoms. The van der Waals surface area contributed by atoms with Gasteiger partial charge in [0.05, 0.1) is 16.4 Å². The van der Waals surface area contributed by atoms with Crippen LogP contribution < -0.4 is 5.73 Å². The topological polar surface area (TPSA) is 60.9 Å². The highest BCUT2D eigenvalue weighted by atomic mass is 35.5. The van der Waals surface area contributed by atoms with E-state index in [1.54, 1.807) is 10.6 Å². The third-order valence-corrected chi connectivity index (χ3v) is 3.61. The van der Waals surface area contributed by atoms with E-state index in [0.717, 1.165) is 5.52 Å². The summed E-state index contributed by atoms with van der Waals surface area (Å²) < 4.78 is 1.79. The maximum Gasteiger partial charge on any atom is 0.240 e. The van der Waals surface area contributed by atoms with Gasteiger partial charge in [-0.3, -0.25) is 4.79 Å². The number of amides is 1. The number of rotatable bonds is 4. The molecule has 0 saturated carbocycles. The number of alkyl halides is 1. The molecule has 2 N–H and O–H groups in total. The quantitative estimate of drug-likeness (QED) is 0.882. The molecule has 1 aromatic heterocycles. The van der Waals surface area contributed by atoms with Crippen LogP contribution in [-0.4, -0.2) is 15.5 Å². The molecule has 0 fully saturated rings. The molecule has 0 aliphatic rings. The molecular formula is C13H15Cl2N3O. The van der Waals surface area contributed by atoms with Gasteiger partial charge in [0.2, 0.25) is 5.91 Å². The molecule has 102 valence electrons. The molecule has 0 aliphatic heterocycles. The van der Waals surface area contributed by atoms with Crippen molar-refractivity contribution in [2.24, 2.45) is 11.7 Å². The fourth-order valence-corrected chi connectivity index (χ4v) is 2.69. The van der Waals surface area contributed by atoms with Crippen molar-refractivity contribution < 1.29 is 4.79 Å². The Labute approximate surface area is 121 Å². The van der Waals surface area contributed by atoms with Crippen molar-refractivity contribution in [1.82, 2.24) is 9.55 Å². The number of primary amides is 1. The minimum Gasteiger partial charge on any atom is -0.368 e. The van der Waals surface area contributed by atoms with Crippen LogP contribution in [0.5, 0.6) is 0 Å². The molecule has 0 bridgehead atoms. The first kappa shape index (κ1) is 14.2. The van der Waals surface area contributed by atoms with Crippen molar-refractivity contribution in [3.8, 4) is 0 Å². The number of halogens is 2. The predicted molar refractivity (Wildman–Crippen MR) is 77.4 cm³/mol. The Morgan fingerprint density at radius 2 is 2.16 bits per heavy atom. The monoisotopic (exact) mass is 299 g/mol. The average molecular weight is 300 g/mol. The number of benzene rings is 1. The van der Waals surface area contributed by atoms with E-state index >= 15 is 0 Å². The Kier molecular flexibility index (Phi) is 4.02. The zero-order chi connectivity index (χ0) is 14.2. The van der Waals surface area contributed by atoms with E-state index in [1.807, 2.05) is 26.0 Å². The van der Waals surface area contributed by atoms with E-state index < -0.39 is 11.9 Å². The van der Waals surface area contributed by atoms with Crippen molar-refractivity contribution in [3.63, 3.8) is 0 Å². The van der Waals surface area contributed by atoms with E-state index in [4.69, 9.17) is 28.9 Å². The van der Waals surface area contributed by atoms with Gasteiger partial charge in [0.1, 0.15) is 17.4 Å². The summed E-state index contributed by atoms with van der Waals surface area (Å²) >= 11 is 12.1. The standard InChI is InChI=1S/C13H15Cl2N3O/c1-7(2)12(13(16)19)18-9-5-3-4-8(15)11(9)17-10(18)6-14/h3-5,7,12H,6H2,1-2H3,(H2,16,19). The first-order valence-corrected chi connectivity index (χ1v) is 6.89. The van der Waals surface area contributed by atoms with Crippen LogP contribution in [0.25, 0.3) is 11.0 Å².